The highest BCUT2D eigenvalue weighted by Gasteiger charge is 2.40. The molecule has 2 aliphatic rings. The molecule has 7 nitrogen and oxygen atoms in total. The second-order valence-electron chi connectivity index (χ2n) is 10.9. The van der Waals surface area contributed by atoms with E-state index in [1.54, 1.807) is 15.2 Å². The second-order valence-corrected chi connectivity index (χ2v) is 13.3. The molecule has 2 aliphatic heterocycles. The van der Waals surface area contributed by atoms with E-state index in [2.05, 4.69) is 16.5 Å². The Morgan fingerprint density at radius 2 is 1.91 bits per heavy atom. The lowest BCUT2D eigenvalue weighted by Crippen LogP contribution is -2.58. The van der Waals surface area contributed by atoms with Gasteiger partial charge >= 0.3 is 11.9 Å². The highest BCUT2D eigenvalue weighted by atomic mass is 35.5. The first-order valence-electron chi connectivity index (χ1n) is 13.7. The topological polar surface area (TPSA) is 71.3 Å². The summed E-state index contributed by atoms with van der Waals surface area (Å²) in [7, 11) is 0. The number of halogens is 5. The van der Waals surface area contributed by atoms with Gasteiger partial charge in [0.2, 0.25) is 5.91 Å². The highest BCUT2D eigenvalue weighted by Crippen LogP contribution is 2.51. The molecule has 1 saturated heterocycles. The molecule has 0 radical (unpaired) electrons. The fraction of sp³-hybridized carbons (Fsp3) is 0.333. The Labute approximate surface area is 263 Å². The quantitative estimate of drug-likeness (QED) is 0.176. The van der Waals surface area contributed by atoms with Crippen molar-refractivity contribution in [3.8, 4) is 10.4 Å². The summed E-state index contributed by atoms with van der Waals surface area (Å²) in [6, 6.07) is 3.40. The predicted octanol–water partition coefficient (Wildman–Crippen LogP) is 6.83. The number of nitrogens with zero attached hydrogens (tertiary/aromatic N) is 5. The summed E-state index contributed by atoms with van der Waals surface area (Å²) in [6.07, 6.45) is -1.00. The monoisotopic (exact) mass is 663 g/mol. The van der Waals surface area contributed by atoms with Gasteiger partial charge in [0.05, 0.1) is 22.3 Å². The number of aromatic nitrogens is 3. The first-order chi connectivity index (χ1) is 20.9. The van der Waals surface area contributed by atoms with Gasteiger partial charge in [-0.15, -0.1) is 23.1 Å². The maximum absolute atomic E-state index is 14.9. The molecule has 4 aromatic rings. The molecule has 3 unspecified atom stereocenters. The number of hydrogen-bond acceptors (Lipinski definition) is 7. The lowest BCUT2D eigenvalue weighted by molar-refractivity contribution is -0.137. The van der Waals surface area contributed by atoms with Crippen LogP contribution in [0.15, 0.2) is 58.3 Å². The molecule has 3 atom stereocenters. The van der Waals surface area contributed by atoms with E-state index in [1.807, 2.05) is 13.8 Å². The van der Waals surface area contributed by atoms with Crippen molar-refractivity contribution in [3.63, 3.8) is 0 Å². The number of alkyl halides is 3. The zero-order valence-corrected chi connectivity index (χ0v) is 26.0. The average molecular weight is 664 g/mol. The number of benzene rings is 1. The summed E-state index contributed by atoms with van der Waals surface area (Å²) in [5, 5.41) is 2.01. The van der Waals surface area contributed by atoms with E-state index in [4.69, 9.17) is 11.6 Å². The van der Waals surface area contributed by atoms with Crippen LogP contribution in [-0.2, 0) is 17.5 Å². The molecule has 44 heavy (non-hydrogen) atoms. The molecule has 0 N–H and O–H groups in total. The minimum atomic E-state index is -4.76. The largest absolute Gasteiger partial charge is 0.417 e. The van der Waals surface area contributed by atoms with Gasteiger partial charge in [-0.25, -0.2) is 9.18 Å². The number of hydrogen-bond donors (Lipinski definition) is 0. The van der Waals surface area contributed by atoms with Crippen molar-refractivity contribution in [1.82, 2.24) is 19.4 Å². The molecule has 0 aliphatic carbocycles. The second kappa shape index (κ2) is 11.5. The summed E-state index contributed by atoms with van der Waals surface area (Å²) in [6.45, 7) is 7.73. The Morgan fingerprint density at radius 3 is 2.52 bits per heavy atom. The third kappa shape index (κ3) is 5.28. The summed E-state index contributed by atoms with van der Waals surface area (Å²) >= 11 is 8.41. The van der Waals surface area contributed by atoms with Crippen LogP contribution >= 0.6 is 34.7 Å². The van der Waals surface area contributed by atoms with Gasteiger partial charge in [-0.1, -0.05) is 18.2 Å². The van der Waals surface area contributed by atoms with Gasteiger partial charge in [0, 0.05) is 75.7 Å². The van der Waals surface area contributed by atoms with Crippen molar-refractivity contribution in [2.45, 2.75) is 49.5 Å². The van der Waals surface area contributed by atoms with Crippen LogP contribution in [0, 0.1) is 5.82 Å². The van der Waals surface area contributed by atoms with Gasteiger partial charge in [-0.2, -0.15) is 18.2 Å². The molecule has 230 valence electrons. The predicted molar refractivity (Wildman–Crippen MR) is 165 cm³/mol. The van der Waals surface area contributed by atoms with Crippen LogP contribution in [0.25, 0.3) is 21.3 Å². The van der Waals surface area contributed by atoms with Crippen molar-refractivity contribution >= 4 is 57.3 Å². The fourth-order valence-corrected chi connectivity index (χ4v) is 8.83. The molecule has 3 aromatic heterocycles. The SMILES string of the molecule is C=CC(=O)N1C(C)CN(c2nc(=O)n3c4c(c(-c5cc(Cl)cs5)c(C(F)(F)F)cc24)SCC(c2ccncc2F)C3)CC1C. The van der Waals surface area contributed by atoms with E-state index in [1.165, 1.54) is 29.0 Å². The number of carbonyl (C=O) groups excluding carboxylic acids is 1. The Hall–Kier alpha value is -3.42. The summed E-state index contributed by atoms with van der Waals surface area (Å²) < 4.78 is 61.0. The van der Waals surface area contributed by atoms with E-state index < -0.39 is 29.2 Å². The number of pyridine rings is 1. The van der Waals surface area contributed by atoms with E-state index in [0.717, 1.165) is 35.4 Å². The zero-order valence-electron chi connectivity index (χ0n) is 23.6. The van der Waals surface area contributed by atoms with Gasteiger partial charge in [0.15, 0.2) is 0 Å². The minimum Gasteiger partial charge on any atom is -0.352 e. The molecule has 1 aromatic carbocycles. The lowest BCUT2D eigenvalue weighted by atomic mass is 9.99. The van der Waals surface area contributed by atoms with Gasteiger partial charge in [-0.05, 0) is 43.7 Å². The summed E-state index contributed by atoms with van der Waals surface area (Å²) in [4.78, 5) is 38.5. The van der Waals surface area contributed by atoms with Crippen molar-refractivity contribution in [2.24, 2.45) is 0 Å². The smallest absolute Gasteiger partial charge is 0.352 e. The Morgan fingerprint density at radius 1 is 1.18 bits per heavy atom. The molecule has 5 heterocycles. The molecule has 1 amide bonds. The van der Waals surface area contributed by atoms with Crippen molar-refractivity contribution < 1.29 is 22.4 Å². The van der Waals surface area contributed by atoms with Crippen LogP contribution in [0.1, 0.15) is 30.9 Å². The Balaban J connectivity index is 1.63. The average Bonchev–Trinajstić information content (AvgIpc) is 3.29. The van der Waals surface area contributed by atoms with Crippen LogP contribution < -0.4 is 10.6 Å². The first kappa shape index (κ1) is 30.6. The number of rotatable bonds is 4. The van der Waals surface area contributed by atoms with Crippen LogP contribution in [0.2, 0.25) is 5.02 Å². The number of piperazine rings is 1. The molecule has 0 saturated carbocycles. The maximum Gasteiger partial charge on any atom is 0.417 e. The number of thioether (sulfide) groups is 1. The normalized spacial score (nSPS) is 20.6. The van der Waals surface area contributed by atoms with E-state index >= 15 is 0 Å². The number of anilines is 1. The van der Waals surface area contributed by atoms with Crippen molar-refractivity contribution in [2.75, 3.05) is 23.7 Å². The standard InChI is InChI=1S/C30H26ClF4N5O2S2/c1-4-24(41)40-15(2)10-38(11-16(40)3)28-20-8-21(30(33,34)35)25(23-7-18(31)14-43-23)27-26(20)39(29(42)37-28)12-17(13-44-27)19-5-6-36-9-22(19)32/h4-9,14-17H,1,10-13H2,2-3H3. The van der Waals surface area contributed by atoms with Crippen molar-refractivity contribution in [1.29, 1.82) is 0 Å². The van der Waals surface area contributed by atoms with Gasteiger partial charge in [0.1, 0.15) is 11.6 Å². The molecular weight excluding hydrogens is 638 g/mol. The van der Waals surface area contributed by atoms with Crippen LogP contribution in [-0.4, -0.2) is 56.3 Å². The van der Waals surface area contributed by atoms with Gasteiger partial charge in [0.25, 0.3) is 0 Å². The molecular formula is C30H26ClF4N5O2S2. The fourth-order valence-electron chi connectivity index (χ4n) is 6.25. The Kier molecular flexibility index (Phi) is 8.00. The molecule has 6 rings (SSSR count). The molecule has 0 bridgehead atoms. The van der Waals surface area contributed by atoms with Crippen LogP contribution in [0.5, 0.6) is 0 Å². The number of thiophene rings is 1. The summed E-state index contributed by atoms with van der Waals surface area (Å²) in [5.74, 6) is -1.05. The molecule has 0 spiro atoms. The third-order valence-corrected chi connectivity index (χ3v) is 10.6. The highest BCUT2D eigenvalue weighted by molar-refractivity contribution is 7.99. The number of carbonyl (C=O) groups is 1. The number of amides is 1. The lowest BCUT2D eigenvalue weighted by Gasteiger charge is -2.44. The maximum atomic E-state index is 14.9. The summed E-state index contributed by atoms with van der Waals surface area (Å²) in [5.41, 5.74) is -0.993. The zero-order chi connectivity index (χ0) is 31.5. The van der Waals surface area contributed by atoms with Crippen LogP contribution in [0.3, 0.4) is 0 Å². The first-order valence-corrected chi connectivity index (χ1v) is 16.0. The molecule has 14 heteroatoms. The molecule has 1 fully saturated rings. The van der Waals surface area contributed by atoms with Gasteiger partial charge in [-0.3, -0.25) is 14.3 Å². The van der Waals surface area contributed by atoms with Crippen molar-refractivity contribution in [3.05, 3.63) is 81.1 Å². The van der Waals surface area contributed by atoms with Crippen LogP contribution in [0.4, 0.5) is 23.4 Å². The van der Waals surface area contributed by atoms with E-state index in [0.29, 0.717) is 21.0 Å². The van der Waals surface area contributed by atoms with Gasteiger partial charge < -0.3 is 9.80 Å². The minimum absolute atomic E-state index is 0.00790. The van der Waals surface area contributed by atoms with E-state index in [9.17, 15) is 27.2 Å². The Bertz CT molecular complexity index is 1850. The third-order valence-electron chi connectivity index (χ3n) is 8.04. The van der Waals surface area contributed by atoms with E-state index in [-0.39, 0.29) is 65.0 Å².